The van der Waals surface area contributed by atoms with Crippen LogP contribution < -0.4 is 108 Å². The second-order valence-corrected chi connectivity index (χ2v) is 36.0. The number of thioether (sulfide) groups is 1. The molecule has 1 saturated heterocycles. The van der Waals surface area contributed by atoms with Gasteiger partial charge in [0.15, 0.2) is 11.9 Å². The maximum absolute atomic E-state index is 15.5. The number of nitrogens with two attached hydrogens (primary N) is 4. The number of carboxylic acids is 1. The van der Waals surface area contributed by atoms with Crippen molar-refractivity contribution in [3.63, 3.8) is 0 Å². The number of primary amides is 2. The van der Waals surface area contributed by atoms with Crippen LogP contribution >= 0.6 is 11.8 Å². The Morgan fingerprint density at radius 3 is 1.38 bits per heavy atom. The first-order valence-corrected chi connectivity index (χ1v) is 46.7. The molecule has 7 rings (SSSR count). The molecular formula is C94H128N24O21S. The summed E-state index contributed by atoms with van der Waals surface area (Å²) in [5.41, 5.74) is 26.0. The number of H-pyrrole nitrogens is 1. The first-order valence-electron chi connectivity index (χ1n) is 45.5. The predicted molar refractivity (Wildman–Crippen MR) is 517 cm³/mol. The van der Waals surface area contributed by atoms with E-state index in [-0.39, 0.29) is 75.3 Å². The summed E-state index contributed by atoms with van der Waals surface area (Å²) < 4.78 is 0. The number of hydrogen-bond donors (Lipinski definition) is 26. The number of aromatic amines is 1. The summed E-state index contributed by atoms with van der Waals surface area (Å²) in [5, 5.41) is 88.5. The average Bonchev–Trinajstić information content (AvgIpc) is 1.65. The monoisotopic (exact) mass is 1960 g/mol. The highest BCUT2D eigenvalue weighted by atomic mass is 32.2. The van der Waals surface area contributed by atoms with Crippen LogP contribution in [0.25, 0.3) is 22.0 Å². The van der Waals surface area contributed by atoms with Gasteiger partial charge in [-0.1, -0.05) is 157 Å². The molecule has 5 aromatic carbocycles. The standard InChI is InChI=1S/C94H128N24O21S/c1-49(2)37-64-87(134)116-78(51(5)6)91(138)114-71(46-119)89(136)115-72(80(127)104-45-74(96)122)47-140-48-75(123)105-69(42-73(95)121)85(132)110-66(40-55-29-33-59(120)34-30-55)84(131)112-70(43-76(124)125)86(133)111-68(41-58-44-103-61-24-16-15-23-60(58)61)88(135)117-77(50(3)4)90(137)113-67(39-54-27-31-57(32-28-54)56-21-13-10-14-22-56)83(130)107-63(26-18-36-102-94(99)100)92(139)118(8)52(7)79(126)108-65(38-53-19-11-9-12-20-53)82(129)106-62(81(128)109-64)25-17-35-101-93(97)98/h9-16,19-24,27-34,44,49-52,62-72,77-78,103,119-120H,17-18,25-26,35-43,45-48H2,1-8H3,(H2,95,121)(H2,96,122)(H,104,127)(H,105,123)(H,106,129)(H,107,130)(H,108,126)(H,109,128)(H,110,132)(H,111,133)(H,112,131)(H,113,137)(H,114,138)(H,115,136)(H,116,134)(H,117,135)(H,124,125)(H4,97,98,101)(H4,99,100,102)/t52-,62-,63-,64-,65+,66-,67-,68-,69-,70-,71-,72-,77-,78-/m0/s1. The van der Waals surface area contributed by atoms with Gasteiger partial charge in [-0.2, -0.15) is 0 Å². The lowest BCUT2D eigenvalue weighted by atomic mass is 9.98. The van der Waals surface area contributed by atoms with Crippen molar-refractivity contribution in [2.24, 2.45) is 40.7 Å². The fraction of sp³-hybridized carbons (Fsp3) is 0.447. The number of guanidine groups is 2. The number of carbonyl (C=O) groups is 18. The molecule has 45 nitrogen and oxygen atoms in total. The summed E-state index contributed by atoms with van der Waals surface area (Å²) in [6.45, 7) is 8.84. The topological polar surface area (TPSA) is 731 Å². The molecule has 0 saturated carbocycles. The van der Waals surface area contributed by atoms with E-state index >= 15 is 33.6 Å². The predicted octanol–water partition coefficient (Wildman–Crippen LogP) is -3.46. The van der Waals surface area contributed by atoms with Crippen molar-refractivity contribution in [3.8, 4) is 16.9 Å². The Morgan fingerprint density at radius 2 is 0.864 bits per heavy atom. The number of carboxylic acid groups (broad SMARTS) is 1. The molecule has 1 aliphatic heterocycles. The SMILES string of the molecule is CC(C)C[C@@H]1NC(=O)[C@H](CCCNC(=N)N)NC(=O)[C@@H](Cc2ccccc2)NC(=O)[C@H](C)N(C)C(=O)[C@H](CCCNC(=N)N)NC(=O)[C@H](Cc2ccc(-c3ccccc3)cc2)NC(=O)[C@H](C(C)C)NC(=O)[C@H](Cc2c[nH]c3ccccc23)NC(=O)[C@H](CC(=O)O)NC(=O)[C@H](Cc2ccc(O)cc2)NC(=O)[C@H](CC(N)=O)NC(=O)CSC[C@@H](C(=O)NCC(N)=O)NC(=O)[C@H](CO)NC(=O)[C@H](C(C)C)NC1=O. The van der Waals surface area contributed by atoms with Gasteiger partial charge in [0.25, 0.3) is 0 Å². The number of hydrogen-bond acceptors (Lipinski definition) is 23. The van der Waals surface area contributed by atoms with E-state index < -0.39 is 265 Å². The lowest BCUT2D eigenvalue weighted by Crippen LogP contribution is -2.62. The summed E-state index contributed by atoms with van der Waals surface area (Å²) >= 11 is 0.601. The molecule has 1 fully saturated rings. The van der Waals surface area contributed by atoms with Crippen LogP contribution in [-0.2, 0) is 112 Å². The Bertz CT molecular complexity index is 5360. The van der Waals surface area contributed by atoms with Crippen LogP contribution in [0, 0.1) is 28.6 Å². The van der Waals surface area contributed by atoms with Gasteiger partial charge in [-0.15, -0.1) is 11.8 Å². The summed E-state index contributed by atoms with van der Waals surface area (Å²) in [5.74, 6) is -24.6. The summed E-state index contributed by atoms with van der Waals surface area (Å²) in [6, 6.07) is 12.5. The number of para-hydroxylation sites is 1. The number of phenols is 1. The molecule has 0 aliphatic carbocycles. The lowest BCUT2D eigenvalue weighted by Gasteiger charge is -2.32. The van der Waals surface area contributed by atoms with Gasteiger partial charge in [0.1, 0.15) is 90.3 Å². The highest BCUT2D eigenvalue weighted by molar-refractivity contribution is 8.00. The van der Waals surface area contributed by atoms with Crippen molar-refractivity contribution >= 4 is 141 Å². The fourth-order valence-corrected chi connectivity index (χ4v) is 15.8. The molecule has 1 aromatic heterocycles. The largest absolute Gasteiger partial charge is 0.508 e. The Kier molecular flexibility index (Phi) is 44.1. The number of aliphatic hydroxyl groups is 1. The molecule has 1 aliphatic rings. The van der Waals surface area contributed by atoms with E-state index in [0.717, 1.165) is 16.0 Å². The van der Waals surface area contributed by atoms with Gasteiger partial charge in [-0.25, -0.2) is 0 Å². The van der Waals surface area contributed by atoms with Crippen molar-refractivity contribution in [1.29, 1.82) is 10.8 Å². The van der Waals surface area contributed by atoms with E-state index in [4.69, 9.17) is 33.8 Å². The smallest absolute Gasteiger partial charge is 0.305 e. The molecule has 14 atom stereocenters. The van der Waals surface area contributed by atoms with Crippen LogP contribution in [0.4, 0.5) is 0 Å². The number of phenolic OH excluding ortho intramolecular Hbond substituents is 1. The number of fused-ring (bicyclic) bond motifs is 1. The maximum Gasteiger partial charge on any atom is 0.305 e. The minimum absolute atomic E-state index is 0.0175. The number of rotatable bonds is 29. The van der Waals surface area contributed by atoms with E-state index in [0.29, 0.717) is 39.4 Å². The number of aromatic hydroxyl groups is 1. The number of aliphatic hydroxyl groups excluding tert-OH is 1. The number of aliphatic carboxylic acids is 1. The van der Waals surface area contributed by atoms with Crippen molar-refractivity contribution in [3.05, 3.63) is 162 Å². The number of nitrogens with zero attached hydrogens (tertiary/aromatic N) is 1. The molecule has 0 bridgehead atoms. The summed E-state index contributed by atoms with van der Waals surface area (Å²) in [6.07, 6.45) is -2.64. The lowest BCUT2D eigenvalue weighted by molar-refractivity contribution is -0.142. The van der Waals surface area contributed by atoms with Crippen molar-refractivity contribution < 1.29 is 102 Å². The van der Waals surface area contributed by atoms with Gasteiger partial charge < -0.3 is 133 Å². The zero-order valence-electron chi connectivity index (χ0n) is 79.0. The third-order valence-corrected chi connectivity index (χ3v) is 23.7. The Labute approximate surface area is 812 Å². The van der Waals surface area contributed by atoms with Crippen LogP contribution in [0.1, 0.15) is 116 Å². The molecule has 46 heteroatoms. The van der Waals surface area contributed by atoms with Crippen LogP contribution in [0.3, 0.4) is 0 Å². The molecule has 0 spiro atoms. The van der Waals surface area contributed by atoms with E-state index in [2.05, 4.69) is 90.1 Å². The van der Waals surface area contributed by atoms with Crippen LogP contribution in [0.5, 0.6) is 5.75 Å². The van der Waals surface area contributed by atoms with Gasteiger partial charge in [0.05, 0.1) is 31.7 Å². The van der Waals surface area contributed by atoms with Crippen molar-refractivity contribution in [2.75, 3.05) is 44.8 Å². The molecule has 140 heavy (non-hydrogen) atoms. The average molecular weight is 1960 g/mol. The van der Waals surface area contributed by atoms with E-state index in [1.54, 1.807) is 107 Å². The van der Waals surface area contributed by atoms with Crippen LogP contribution in [-0.4, -0.2) is 273 Å². The third-order valence-electron chi connectivity index (χ3n) is 22.6. The molecular weight excluding hydrogens is 1830 g/mol. The number of benzene rings is 5. The molecule has 2 heterocycles. The van der Waals surface area contributed by atoms with E-state index in [1.165, 1.54) is 58.3 Å². The molecule has 756 valence electrons. The number of likely N-dealkylation sites (N-methyl/N-ethyl adjacent to an activating group) is 1. The summed E-state index contributed by atoms with van der Waals surface area (Å²) in [4.78, 5) is 265. The van der Waals surface area contributed by atoms with Crippen LogP contribution in [0.2, 0.25) is 0 Å². The Balaban J connectivity index is 1.35. The van der Waals surface area contributed by atoms with E-state index in [1.807, 2.05) is 30.3 Å². The van der Waals surface area contributed by atoms with Gasteiger partial charge >= 0.3 is 5.97 Å². The number of nitrogens with one attached hydrogen (secondary N) is 19. The number of aromatic nitrogens is 1. The number of amides is 17. The van der Waals surface area contributed by atoms with Gasteiger partial charge in [-0.05, 0) is 108 Å². The van der Waals surface area contributed by atoms with Crippen molar-refractivity contribution in [2.45, 2.75) is 204 Å². The molecule has 0 unspecified atom stereocenters. The normalized spacial score (nSPS) is 22.6. The zero-order valence-corrected chi connectivity index (χ0v) is 79.8. The second kappa shape index (κ2) is 55.2. The highest BCUT2D eigenvalue weighted by Crippen LogP contribution is 2.24. The molecule has 0 radical (unpaired) electrons. The van der Waals surface area contributed by atoms with Gasteiger partial charge in [-0.3, -0.25) is 97.1 Å². The van der Waals surface area contributed by atoms with Gasteiger partial charge in [0.2, 0.25) is 100 Å². The minimum Gasteiger partial charge on any atom is -0.508 e. The highest BCUT2D eigenvalue weighted by Gasteiger charge is 2.41. The minimum atomic E-state index is -2.14. The second-order valence-electron chi connectivity index (χ2n) is 35.0. The maximum atomic E-state index is 15.5. The summed E-state index contributed by atoms with van der Waals surface area (Å²) in [7, 11) is 1.25. The quantitative estimate of drug-likeness (QED) is 0.0123. The first kappa shape index (κ1) is 112. The Hall–Kier alpha value is -15.2. The van der Waals surface area contributed by atoms with E-state index in [9.17, 15) is 68.1 Å². The molecule has 30 N–H and O–H groups in total. The van der Waals surface area contributed by atoms with Crippen LogP contribution in [0.15, 0.2) is 140 Å². The zero-order chi connectivity index (χ0) is 103. The fourth-order valence-electron chi connectivity index (χ4n) is 14.9. The molecule has 17 amide bonds. The molecule has 6 aromatic rings. The van der Waals surface area contributed by atoms with Crippen molar-refractivity contribution in [1.82, 2.24) is 95.0 Å². The Morgan fingerprint density at radius 1 is 0.450 bits per heavy atom. The number of carbonyl (C=O) groups excluding carboxylic acids is 17. The third kappa shape index (κ3) is 36.3. The van der Waals surface area contributed by atoms with Gasteiger partial charge in [0, 0.05) is 68.7 Å². The first-order chi connectivity index (χ1) is 66.4.